The van der Waals surface area contributed by atoms with Crippen LogP contribution < -0.4 is 10.0 Å². The molecule has 3 aromatic rings. The highest BCUT2D eigenvalue weighted by Crippen LogP contribution is 2.34. The quantitative estimate of drug-likeness (QED) is 0.704. The number of hydrogen-bond donors (Lipinski definition) is 1. The van der Waals surface area contributed by atoms with Crippen LogP contribution in [-0.4, -0.2) is 14.8 Å². The van der Waals surface area contributed by atoms with Crippen molar-refractivity contribution in [3.8, 4) is 0 Å². The van der Waals surface area contributed by atoms with Crippen molar-refractivity contribution in [2.45, 2.75) is 25.4 Å². The molecule has 0 aromatic heterocycles. The lowest BCUT2D eigenvalue weighted by molar-refractivity contribution is 0.539. The highest BCUT2D eigenvalue weighted by Gasteiger charge is 2.28. The van der Waals surface area contributed by atoms with Crippen LogP contribution in [0.3, 0.4) is 0 Å². The second-order valence-electron chi connectivity index (χ2n) is 6.55. The Labute approximate surface area is 163 Å². The molecule has 140 valence electrons. The van der Waals surface area contributed by atoms with E-state index >= 15 is 0 Å². The van der Waals surface area contributed by atoms with Gasteiger partial charge in [-0.1, -0.05) is 78.9 Å². The molecule has 1 aliphatic rings. The number of benzene rings is 3. The van der Waals surface area contributed by atoms with Gasteiger partial charge in [0.15, 0.2) is 0 Å². The summed E-state index contributed by atoms with van der Waals surface area (Å²) in [5.74, 6) is 0. The van der Waals surface area contributed by atoms with Gasteiger partial charge in [-0.25, -0.2) is 0 Å². The molecule has 0 saturated heterocycles. The van der Waals surface area contributed by atoms with Crippen molar-refractivity contribution in [1.82, 2.24) is 0 Å². The highest BCUT2D eigenvalue weighted by atomic mass is 32.2. The Morgan fingerprint density at radius 2 is 1.41 bits per heavy atom. The van der Waals surface area contributed by atoms with Crippen LogP contribution >= 0.6 is 0 Å². The Hall–Kier alpha value is -2.47. The lowest BCUT2D eigenvalue weighted by Gasteiger charge is -2.28. The van der Waals surface area contributed by atoms with E-state index in [9.17, 15) is 0 Å². The maximum absolute atomic E-state index is 8.78. The van der Waals surface area contributed by atoms with Crippen LogP contribution in [0.5, 0.6) is 0 Å². The Morgan fingerprint density at radius 3 is 2.04 bits per heavy atom. The summed E-state index contributed by atoms with van der Waals surface area (Å²) in [5, 5.41) is 4.03. The number of anilines is 1. The van der Waals surface area contributed by atoms with Gasteiger partial charge >= 0.3 is 0 Å². The minimum absolute atomic E-state index is 0.537. The van der Waals surface area contributed by atoms with Crippen LogP contribution in [0.4, 0.5) is 5.69 Å². The fraction of sp³-hybridized carbons (Fsp3) is 0.182. The summed E-state index contributed by atoms with van der Waals surface area (Å²) in [7, 11) is 0. The topological polar surface area (TPSA) is 69.4 Å². The summed E-state index contributed by atoms with van der Waals surface area (Å²) < 4.78 is 17.6. The van der Waals surface area contributed by atoms with E-state index in [0.717, 1.165) is 19.4 Å². The average molecular weight is 380 g/mol. The molecule has 0 saturated carbocycles. The largest absolute Gasteiger partial charge is 0.760 e. The van der Waals surface area contributed by atoms with E-state index in [4.69, 9.17) is 8.76 Å². The zero-order valence-electron chi connectivity index (χ0n) is 15.0. The van der Waals surface area contributed by atoms with E-state index in [1.54, 1.807) is 0 Å². The zero-order chi connectivity index (χ0) is 19.1. The Kier molecular flexibility index (Phi) is 6.76. The number of rotatable bonds is 4. The van der Waals surface area contributed by atoms with E-state index in [1.165, 1.54) is 22.4 Å². The number of para-hydroxylation sites is 1. The van der Waals surface area contributed by atoms with Crippen LogP contribution in [0.15, 0.2) is 84.9 Å². The summed E-state index contributed by atoms with van der Waals surface area (Å²) in [6.07, 6.45) is 2.24. The molecule has 0 radical (unpaired) electrons. The van der Waals surface area contributed by atoms with Crippen molar-refractivity contribution < 1.29 is 8.76 Å². The maximum Gasteiger partial charge on any atom is 0.0432 e. The molecule has 0 aliphatic carbocycles. The second kappa shape index (κ2) is 9.46. The molecule has 1 aliphatic heterocycles. The summed E-state index contributed by atoms with van der Waals surface area (Å²) >= 11 is -2.36. The summed E-state index contributed by atoms with van der Waals surface area (Å²) in [5.41, 5.74) is 5.67. The fourth-order valence-electron chi connectivity index (χ4n) is 3.59. The van der Waals surface area contributed by atoms with E-state index in [2.05, 4.69) is 95.0 Å². The lowest BCUT2D eigenvalue weighted by atomic mass is 10.0. The molecule has 2 atom stereocenters. The molecule has 5 heteroatoms. The molecule has 4 rings (SSSR count). The SMILES string of the molecule is NS(=O)[O-].c1ccc(CC2Cc3ccccc3N2Cc2ccccc2)cc1. The standard InChI is InChI=1S/C22H21N.H3NO2S/c1-3-9-18(10-4-1)15-21-16-20-13-7-8-14-22(20)23(21)17-19-11-5-2-6-12-19;1-4(2)3/h1-14,21H,15-17H2;1H2,(H,2,3)/p-1. The molecule has 0 amide bonds. The van der Waals surface area contributed by atoms with Crippen molar-refractivity contribution in [1.29, 1.82) is 0 Å². The first-order chi connectivity index (χ1) is 13.1. The van der Waals surface area contributed by atoms with Gasteiger partial charge in [0.25, 0.3) is 0 Å². The van der Waals surface area contributed by atoms with Gasteiger partial charge in [-0.15, -0.1) is 0 Å². The monoisotopic (exact) mass is 379 g/mol. The average Bonchev–Trinajstić information content (AvgIpc) is 3.00. The minimum atomic E-state index is -2.36. The molecular weight excluding hydrogens is 356 g/mol. The van der Waals surface area contributed by atoms with Crippen LogP contribution in [0.1, 0.15) is 16.7 Å². The first-order valence-corrected chi connectivity index (χ1v) is 10.0. The fourth-order valence-corrected chi connectivity index (χ4v) is 3.59. The maximum atomic E-state index is 8.78. The van der Waals surface area contributed by atoms with Crippen LogP contribution in [-0.2, 0) is 30.7 Å². The summed E-state index contributed by atoms with van der Waals surface area (Å²) in [6, 6.07) is 31.0. The molecule has 0 bridgehead atoms. The molecule has 0 spiro atoms. The molecule has 2 unspecified atom stereocenters. The summed E-state index contributed by atoms with van der Waals surface area (Å²) in [6.45, 7) is 0.982. The minimum Gasteiger partial charge on any atom is -0.760 e. The highest BCUT2D eigenvalue weighted by molar-refractivity contribution is 7.76. The lowest BCUT2D eigenvalue weighted by Crippen LogP contribution is -2.33. The number of nitrogens with zero attached hydrogens (tertiary/aromatic N) is 1. The zero-order valence-corrected chi connectivity index (χ0v) is 15.8. The molecule has 3 aromatic carbocycles. The van der Waals surface area contributed by atoms with Crippen molar-refractivity contribution in [2.24, 2.45) is 5.14 Å². The van der Waals surface area contributed by atoms with Crippen molar-refractivity contribution in [3.63, 3.8) is 0 Å². The molecule has 0 fully saturated rings. The van der Waals surface area contributed by atoms with Crippen molar-refractivity contribution in [3.05, 3.63) is 102 Å². The number of nitrogens with two attached hydrogens (primary N) is 1. The third-order valence-electron chi connectivity index (χ3n) is 4.71. The Bertz CT molecular complexity index is 868. The van der Waals surface area contributed by atoms with Crippen LogP contribution in [0, 0.1) is 0 Å². The predicted molar refractivity (Wildman–Crippen MR) is 110 cm³/mol. The first kappa shape index (κ1) is 19.3. The second-order valence-corrected chi connectivity index (χ2v) is 7.07. The molecule has 27 heavy (non-hydrogen) atoms. The van der Waals surface area contributed by atoms with Gasteiger partial charge in [-0.05, 0) is 35.6 Å². The third kappa shape index (κ3) is 5.50. The van der Waals surface area contributed by atoms with Crippen molar-refractivity contribution in [2.75, 3.05) is 4.90 Å². The van der Waals surface area contributed by atoms with Gasteiger partial charge < -0.3 is 9.45 Å². The molecule has 1 heterocycles. The Balaban J connectivity index is 0.000000481. The predicted octanol–water partition coefficient (Wildman–Crippen LogP) is 3.60. The van der Waals surface area contributed by atoms with Crippen LogP contribution in [0.25, 0.3) is 0 Å². The van der Waals surface area contributed by atoms with Gasteiger partial charge in [0.2, 0.25) is 0 Å². The van der Waals surface area contributed by atoms with Gasteiger partial charge in [0, 0.05) is 29.5 Å². The van der Waals surface area contributed by atoms with Gasteiger partial charge in [0.1, 0.15) is 0 Å². The van der Waals surface area contributed by atoms with Crippen LogP contribution in [0.2, 0.25) is 0 Å². The molecular formula is C22H23N2O2S-. The third-order valence-corrected chi connectivity index (χ3v) is 4.71. The normalized spacial score (nSPS) is 16.2. The van der Waals surface area contributed by atoms with Crippen molar-refractivity contribution >= 4 is 17.0 Å². The van der Waals surface area contributed by atoms with Gasteiger partial charge in [-0.3, -0.25) is 9.35 Å². The summed E-state index contributed by atoms with van der Waals surface area (Å²) in [4.78, 5) is 2.58. The molecule has 2 N–H and O–H groups in total. The Morgan fingerprint density at radius 1 is 0.889 bits per heavy atom. The van der Waals surface area contributed by atoms with E-state index in [-0.39, 0.29) is 0 Å². The smallest absolute Gasteiger partial charge is 0.0432 e. The van der Waals surface area contributed by atoms with Gasteiger partial charge in [0.05, 0.1) is 0 Å². The van der Waals surface area contributed by atoms with E-state index in [0.29, 0.717) is 6.04 Å². The van der Waals surface area contributed by atoms with Gasteiger partial charge in [-0.2, -0.15) is 0 Å². The number of hydrogen-bond acceptors (Lipinski definition) is 3. The number of fused-ring (bicyclic) bond motifs is 1. The molecule has 4 nitrogen and oxygen atoms in total. The van der Waals surface area contributed by atoms with E-state index in [1.807, 2.05) is 0 Å². The van der Waals surface area contributed by atoms with E-state index < -0.39 is 11.3 Å². The first-order valence-electron chi connectivity index (χ1n) is 8.89.